The zero-order valence-corrected chi connectivity index (χ0v) is 13.8. The molecule has 0 N–H and O–H groups in total. The maximum atomic E-state index is 12.3. The van der Waals surface area contributed by atoms with Gasteiger partial charge in [0, 0.05) is 23.5 Å². The summed E-state index contributed by atoms with van der Waals surface area (Å²) in [5, 5.41) is 2.02. The summed E-state index contributed by atoms with van der Waals surface area (Å²) in [6.07, 6.45) is 0. The second-order valence-corrected chi connectivity index (χ2v) is 5.83. The van der Waals surface area contributed by atoms with Crippen LogP contribution < -0.4 is 9.64 Å². The lowest BCUT2D eigenvalue weighted by atomic mass is 10.1. The Morgan fingerprint density at radius 2 is 1.64 bits per heavy atom. The minimum absolute atomic E-state index is 0.0211. The first-order chi connectivity index (χ1) is 12.2. The highest BCUT2D eigenvalue weighted by Crippen LogP contribution is 2.31. The van der Waals surface area contributed by atoms with Gasteiger partial charge in [0.2, 0.25) is 0 Å². The molecule has 4 aromatic rings. The lowest BCUT2D eigenvalue weighted by Crippen LogP contribution is -2.31. The van der Waals surface area contributed by atoms with E-state index < -0.39 is 0 Å². The van der Waals surface area contributed by atoms with Crippen LogP contribution in [0.2, 0.25) is 0 Å². The van der Waals surface area contributed by atoms with Crippen LogP contribution in [0, 0.1) is 0 Å². The summed E-state index contributed by atoms with van der Waals surface area (Å²) in [6, 6.07) is 23.0. The van der Waals surface area contributed by atoms with Gasteiger partial charge in [-0.2, -0.15) is 0 Å². The van der Waals surface area contributed by atoms with Crippen LogP contribution in [0.3, 0.4) is 0 Å². The molecule has 3 aromatic carbocycles. The zero-order valence-electron chi connectivity index (χ0n) is 13.8. The van der Waals surface area contributed by atoms with Gasteiger partial charge in [0.25, 0.3) is 5.91 Å². The van der Waals surface area contributed by atoms with Gasteiger partial charge in [-0.15, -0.1) is 0 Å². The number of hydrogen-bond acceptors (Lipinski definition) is 3. The molecule has 1 aromatic heterocycles. The fourth-order valence-electron chi connectivity index (χ4n) is 2.83. The zero-order chi connectivity index (χ0) is 17.2. The first kappa shape index (κ1) is 15.3. The van der Waals surface area contributed by atoms with Gasteiger partial charge < -0.3 is 14.1 Å². The molecule has 0 unspecified atom stereocenters. The Hall–Kier alpha value is -3.27. The molecule has 0 saturated heterocycles. The number of fused-ring (bicyclic) bond motifs is 3. The van der Waals surface area contributed by atoms with Gasteiger partial charge in [0.15, 0.2) is 6.61 Å². The number of carbonyl (C=O) groups excluding carboxylic acids is 1. The fraction of sp³-hybridized carbons (Fsp3) is 0.0952. The van der Waals surface area contributed by atoms with Gasteiger partial charge in [0.05, 0.1) is 0 Å². The Morgan fingerprint density at radius 3 is 2.48 bits per heavy atom. The van der Waals surface area contributed by atoms with Crippen LogP contribution in [0.15, 0.2) is 77.2 Å². The maximum Gasteiger partial charge on any atom is 0.264 e. The van der Waals surface area contributed by atoms with Crippen molar-refractivity contribution in [3.05, 3.63) is 72.8 Å². The summed E-state index contributed by atoms with van der Waals surface area (Å²) in [7, 11) is 1.74. The number of anilines is 1. The summed E-state index contributed by atoms with van der Waals surface area (Å²) in [6.45, 7) is -0.0211. The Balaban J connectivity index is 1.53. The molecule has 0 spiro atoms. The Kier molecular flexibility index (Phi) is 3.86. The normalized spacial score (nSPS) is 10.9. The van der Waals surface area contributed by atoms with Crippen LogP contribution >= 0.6 is 0 Å². The molecule has 4 heteroatoms. The summed E-state index contributed by atoms with van der Waals surface area (Å²) in [5.41, 5.74) is 2.49. The maximum absolute atomic E-state index is 12.3. The van der Waals surface area contributed by atoms with Crippen molar-refractivity contribution in [3.8, 4) is 5.75 Å². The molecule has 0 atom stereocenters. The van der Waals surface area contributed by atoms with Crippen molar-refractivity contribution in [1.82, 2.24) is 0 Å². The van der Waals surface area contributed by atoms with E-state index in [1.165, 1.54) is 0 Å². The lowest BCUT2D eigenvalue weighted by Gasteiger charge is -2.17. The topological polar surface area (TPSA) is 42.7 Å². The molecule has 4 rings (SSSR count). The number of ether oxygens (including phenoxy) is 1. The molecule has 0 aliphatic heterocycles. The molecule has 1 amide bonds. The molecule has 0 saturated carbocycles. The summed E-state index contributed by atoms with van der Waals surface area (Å²) >= 11 is 0. The average molecular weight is 331 g/mol. The van der Waals surface area contributed by atoms with Crippen molar-refractivity contribution in [1.29, 1.82) is 0 Å². The quantitative estimate of drug-likeness (QED) is 0.548. The van der Waals surface area contributed by atoms with E-state index in [0.717, 1.165) is 27.6 Å². The van der Waals surface area contributed by atoms with Crippen molar-refractivity contribution in [2.75, 3.05) is 18.6 Å². The molecule has 0 radical (unpaired) electrons. The summed E-state index contributed by atoms with van der Waals surface area (Å²) in [5.74, 6) is 0.539. The Labute approximate surface area is 145 Å². The number of carbonyl (C=O) groups is 1. The second-order valence-electron chi connectivity index (χ2n) is 5.83. The van der Waals surface area contributed by atoms with E-state index in [1.807, 2.05) is 72.8 Å². The largest absolute Gasteiger partial charge is 0.484 e. The van der Waals surface area contributed by atoms with Crippen LogP contribution in [0.25, 0.3) is 21.9 Å². The van der Waals surface area contributed by atoms with Gasteiger partial charge >= 0.3 is 0 Å². The van der Waals surface area contributed by atoms with Gasteiger partial charge in [0.1, 0.15) is 16.9 Å². The van der Waals surface area contributed by atoms with Gasteiger partial charge in [-0.25, -0.2) is 0 Å². The molecule has 0 fully saturated rings. The molecule has 0 aliphatic rings. The van der Waals surface area contributed by atoms with E-state index in [4.69, 9.17) is 9.15 Å². The molecule has 1 heterocycles. The monoisotopic (exact) mass is 331 g/mol. The van der Waals surface area contributed by atoms with Crippen LogP contribution in [-0.4, -0.2) is 19.6 Å². The van der Waals surface area contributed by atoms with Crippen LogP contribution in [0.5, 0.6) is 5.75 Å². The van der Waals surface area contributed by atoms with Crippen molar-refractivity contribution >= 4 is 33.5 Å². The van der Waals surface area contributed by atoms with E-state index in [-0.39, 0.29) is 12.5 Å². The van der Waals surface area contributed by atoms with Gasteiger partial charge in [-0.3, -0.25) is 4.79 Å². The highest BCUT2D eigenvalue weighted by molar-refractivity contribution is 6.05. The molecular weight excluding hydrogens is 314 g/mol. The predicted molar refractivity (Wildman–Crippen MR) is 99.1 cm³/mol. The SMILES string of the molecule is CN(C(=O)COc1ccc2oc3ccccc3c2c1)c1ccccc1. The number of furan rings is 1. The number of hydrogen-bond donors (Lipinski definition) is 0. The molecule has 25 heavy (non-hydrogen) atoms. The standard InChI is InChI=1S/C21H17NO3/c1-22(15-7-3-2-4-8-15)21(23)14-24-16-11-12-20-18(13-16)17-9-5-6-10-19(17)25-20/h2-13H,14H2,1H3. The van der Waals surface area contributed by atoms with Crippen LogP contribution in [-0.2, 0) is 4.79 Å². The lowest BCUT2D eigenvalue weighted by molar-refractivity contribution is -0.120. The Morgan fingerprint density at radius 1 is 0.920 bits per heavy atom. The third-order valence-electron chi connectivity index (χ3n) is 4.23. The molecule has 4 nitrogen and oxygen atoms in total. The Bertz CT molecular complexity index is 1040. The predicted octanol–water partition coefficient (Wildman–Crippen LogP) is 4.63. The molecule has 124 valence electrons. The fourth-order valence-corrected chi connectivity index (χ4v) is 2.83. The third-order valence-corrected chi connectivity index (χ3v) is 4.23. The van der Waals surface area contributed by atoms with Gasteiger partial charge in [-0.05, 0) is 36.4 Å². The number of amides is 1. The number of benzene rings is 3. The number of rotatable bonds is 4. The average Bonchev–Trinajstić information content (AvgIpc) is 3.04. The minimum atomic E-state index is -0.108. The number of para-hydroxylation sites is 2. The second kappa shape index (κ2) is 6.32. The van der Waals surface area contributed by atoms with E-state index in [2.05, 4.69) is 0 Å². The van der Waals surface area contributed by atoms with Crippen molar-refractivity contribution in [2.45, 2.75) is 0 Å². The third kappa shape index (κ3) is 2.94. The van der Waals surface area contributed by atoms with Crippen LogP contribution in [0.1, 0.15) is 0 Å². The summed E-state index contributed by atoms with van der Waals surface area (Å²) < 4.78 is 11.5. The summed E-state index contributed by atoms with van der Waals surface area (Å²) in [4.78, 5) is 13.9. The van der Waals surface area contributed by atoms with E-state index in [1.54, 1.807) is 11.9 Å². The van der Waals surface area contributed by atoms with Crippen molar-refractivity contribution in [2.24, 2.45) is 0 Å². The van der Waals surface area contributed by atoms with E-state index in [9.17, 15) is 4.79 Å². The minimum Gasteiger partial charge on any atom is -0.484 e. The van der Waals surface area contributed by atoms with Crippen molar-refractivity contribution < 1.29 is 13.9 Å². The van der Waals surface area contributed by atoms with E-state index in [0.29, 0.717) is 5.75 Å². The highest BCUT2D eigenvalue weighted by atomic mass is 16.5. The molecular formula is C21H17NO3. The van der Waals surface area contributed by atoms with Crippen LogP contribution in [0.4, 0.5) is 5.69 Å². The van der Waals surface area contributed by atoms with Crippen molar-refractivity contribution in [3.63, 3.8) is 0 Å². The number of nitrogens with zero attached hydrogens (tertiary/aromatic N) is 1. The first-order valence-electron chi connectivity index (χ1n) is 8.08. The molecule has 0 aliphatic carbocycles. The molecule has 0 bridgehead atoms. The number of likely N-dealkylation sites (N-methyl/N-ethyl adjacent to an activating group) is 1. The van der Waals surface area contributed by atoms with Gasteiger partial charge in [-0.1, -0.05) is 36.4 Å². The smallest absolute Gasteiger partial charge is 0.264 e. The first-order valence-corrected chi connectivity index (χ1v) is 8.08. The highest BCUT2D eigenvalue weighted by Gasteiger charge is 2.12. The van der Waals surface area contributed by atoms with E-state index >= 15 is 0 Å².